The lowest BCUT2D eigenvalue weighted by atomic mass is 9.99. The molecule has 4 aromatic rings. The van der Waals surface area contributed by atoms with Crippen LogP contribution in [0.15, 0.2) is 42.7 Å². The fraction of sp³-hybridized carbons (Fsp3) is 0.227. The van der Waals surface area contributed by atoms with Gasteiger partial charge in [-0.2, -0.15) is 24.2 Å². The van der Waals surface area contributed by atoms with Crippen molar-refractivity contribution in [2.45, 2.75) is 32.4 Å². The van der Waals surface area contributed by atoms with Crippen LogP contribution in [0, 0.1) is 18.3 Å². The first kappa shape index (κ1) is 18.3. The van der Waals surface area contributed by atoms with Crippen LogP contribution < -0.4 is 4.74 Å². The first-order chi connectivity index (χ1) is 14.5. The predicted molar refractivity (Wildman–Crippen MR) is 106 cm³/mol. The van der Waals surface area contributed by atoms with Crippen LogP contribution in [0.5, 0.6) is 5.75 Å². The summed E-state index contributed by atoms with van der Waals surface area (Å²) in [7, 11) is 0. The van der Waals surface area contributed by atoms with Gasteiger partial charge in [-0.3, -0.25) is 5.10 Å². The summed E-state index contributed by atoms with van der Waals surface area (Å²) in [6, 6.07) is 11.6. The zero-order valence-corrected chi connectivity index (χ0v) is 16.1. The van der Waals surface area contributed by atoms with Crippen molar-refractivity contribution < 1.29 is 13.5 Å². The van der Waals surface area contributed by atoms with E-state index < -0.39 is 6.55 Å². The van der Waals surface area contributed by atoms with Crippen LogP contribution in [0.3, 0.4) is 0 Å². The number of aromatic nitrogens is 4. The summed E-state index contributed by atoms with van der Waals surface area (Å²) in [5.74, 6) is 0.672. The molecule has 0 unspecified atom stereocenters. The minimum absolute atomic E-state index is 0.0965. The molecule has 5 rings (SSSR count). The van der Waals surface area contributed by atoms with Gasteiger partial charge in [-0.1, -0.05) is 6.07 Å². The minimum atomic E-state index is -2.70. The monoisotopic (exact) mass is 405 g/mol. The average molecular weight is 405 g/mol. The number of hydrogen-bond donors (Lipinski definition) is 1. The summed E-state index contributed by atoms with van der Waals surface area (Å²) < 4.78 is 32.6. The second kappa shape index (κ2) is 6.95. The fourth-order valence-corrected chi connectivity index (χ4v) is 4.10. The molecule has 0 amide bonds. The SMILES string of the molecule is Cc1c(C#N)ccc2c1CC[C@@H]2Oc1ccc2[nH]nc(-c3cnn(C(F)F)c3)c2c1. The Bertz CT molecular complexity index is 1300. The number of ether oxygens (including phenoxy) is 1. The molecule has 1 aliphatic carbocycles. The van der Waals surface area contributed by atoms with Gasteiger partial charge in [-0.15, -0.1) is 0 Å². The number of alkyl halides is 2. The number of halogens is 2. The number of nitrogens with one attached hydrogen (secondary N) is 1. The van der Waals surface area contributed by atoms with Crippen LogP contribution >= 0.6 is 0 Å². The predicted octanol–water partition coefficient (Wildman–Crippen LogP) is 5.07. The Kier molecular flexibility index (Phi) is 4.24. The molecule has 0 aliphatic heterocycles. The molecule has 0 saturated heterocycles. The molecular weight excluding hydrogens is 388 g/mol. The summed E-state index contributed by atoms with van der Waals surface area (Å²) in [6.45, 7) is -0.723. The molecule has 2 heterocycles. The molecule has 0 radical (unpaired) electrons. The molecule has 0 saturated carbocycles. The number of benzene rings is 2. The van der Waals surface area contributed by atoms with Crippen molar-refractivity contribution in [3.05, 3.63) is 65.0 Å². The molecule has 2 aromatic heterocycles. The number of hydrogen-bond acceptors (Lipinski definition) is 4. The van der Waals surface area contributed by atoms with Crippen LogP contribution in [0.1, 0.15) is 41.3 Å². The van der Waals surface area contributed by atoms with Crippen LogP contribution in [0.4, 0.5) is 8.78 Å². The van der Waals surface area contributed by atoms with Crippen molar-refractivity contribution in [2.75, 3.05) is 0 Å². The van der Waals surface area contributed by atoms with E-state index in [1.165, 1.54) is 18.0 Å². The Balaban J connectivity index is 1.47. The number of H-pyrrole nitrogens is 1. The van der Waals surface area contributed by atoms with E-state index in [1.54, 1.807) is 0 Å². The third-order valence-electron chi connectivity index (χ3n) is 5.65. The Hall–Kier alpha value is -3.73. The number of nitrogens with zero attached hydrogens (tertiary/aromatic N) is 4. The number of nitriles is 1. The van der Waals surface area contributed by atoms with Crippen LogP contribution in [-0.4, -0.2) is 20.0 Å². The fourth-order valence-electron chi connectivity index (χ4n) is 4.10. The van der Waals surface area contributed by atoms with E-state index in [-0.39, 0.29) is 6.10 Å². The topological polar surface area (TPSA) is 79.5 Å². The standard InChI is InChI=1S/C22H17F2N5O/c1-12-13(9-25)2-4-17-16(12)5-7-20(17)30-15-3-6-19-18(8-15)21(28-27-19)14-10-26-29(11-14)22(23)24/h2-4,6,8,10-11,20,22H,5,7H2,1H3,(H,27,28)/t20-/m0/s1. The van der Waals surface area contributed by atoms with Crippen molar-refractivity contribution in [1.82, 2.24) is 20.0 Å². The van der Waals surface area contributed by atoms with Gasteiger partial charge in [0.2, 0.25) is 0 Å². The smallest absolute Gasteiger partial charge is 0.333 e. The van der Waals surface area contributed by atoms with Crippen molar-refractivity contribution in [2.24, 2.45) is 0 Å². The van der Waals surface area contributed by atoms with Crippen LogP contribution in [-0.2, 0) is 6.42 Å². The second-order valence-corrected chi connectivity index (χ2v) is 7.33. The van der Waals surface area contributed by atoms with E-state index in [2.05, 4.69) is 21.4 Å². The summed E-state index contributed by atoms with van der Waals surface area (Å²) in [4.78, 5) is 0. The van der Waals surface area contributed by atoms with Gasteiger partial charge < -0.3 is 4.74 Å². The van der Waals surface area contributed by atoms with Crippen LogP contribution in [0.25, 0.3) is 22.2 Å². The number of fused-ring (bicyclic) bond motifs is 2. The van der Waals surface area contributed by atoms with Gasteiger partial charge in [0.05, 0.1) is 23.3 Å². The Labute approximate surface area is 170 Å². The zero-order chi connectivity index (χ0) is 20.8. The van der Waals surface area contributed by atoms with Gasteiger partial charge in [-0.05, 0) is 60.7 Å². The van der Waals surface area contributed by atoms with Gasteiger partial charge in [0.25, 0.3) is 0 Å². The maximum absolute atomic E-state index is 12.9. The summed E-state index contributed by atoms with van der Waals surface area (Å²) in [6.07, 6.45) is 4.26. The Morgan fingerprint density at radius 1 is 1.30 bits per heavy atom. The van der Waals surface area contributed by atoms with E-state index in [0.717, 1.165) is 34.9 Å². The van der Waals surface area contributed by atoms with Gasteiger partial charge in [0.15, 0.2) is 0 Å². The number of rotatable bonds is 4. The first-order valence-electron chi connectivity index (χ1n) is 9.55. The summed E-state index contributed by atoms with van der Waals surface area (Å²) >= 11 is 0. The summed E-state index contributed by atoms with van der Waals surface area (Å²) in [5, 5.41) is 20.9. The normalized spacial score (nSPS) is 15.5. The highest BCUT2D eigenvalue weighted by Crippen LogP contribution is 2.38. The zero-order valence-electron chi connectivity index (χ0n) is 16.1. The highest BCUT2D eigenvalue weighted by molar-refractivity contribution is 5.93. The average Bonchev–Trinajstić information content (AvgIpc) is 3.46. The van der Waals surface area contributed by atoms with Crippen molar-refractivity contribution in [1.29, 1.82) is 5.26 Å². The van der Waals surface area contributed by atoms with Crippen molar-refractivity contribution in [3.63, 3.8) is 0 Å². The molecular formula is C22H17F2N5O. The molecule has 30 heavy (non-hydrogen) atoms. The Morgan fingerprint density at radius 2 is 2.17 bits per heavy atom. The highest BCUT2D eigenvalue weighted by atomic mass is 19.3. The van der Waals surface area contributed by atoms with E-state index >= 15 is 0 Å². The molecule has 0 fully saturated rings. The third-order valence-corrected chi connectivity index (χ3v) is 5.65. The second-order valence-electron chi connectivity index (χ2n) is 7.33. The van der Waals surface area contributed by atoms with Gasteiger partial charge in [0, 0.05) is 17.1 Å². The lowest BCUT2D eigenvalue weighted by Gasteiger charge is -2.16. The number of aromatic amines is 1. The van der Waals surface area contributed by atoms with Gasteiger partial charge >= 0.3 is 6.55 Å². The van der Waals surface area contributed by atoms with Crippen LogP contribution in [0.2, 0.25) is 0 Å². The van der Waals surface area contributed by atoms with Crippen molar-refractivity contribution in [3.8, 4) is 23.1 Å². The van der Waals surface area contributed by atoms with E-state index in [1.807, 2.05) is 37.3 Å². The lowest BCUT2D eigenvalue weighted by Crippen LogP contribution is -2.04. The summed E-state index contributed by atoms with van der Waals surface area (Å²) in [5.41, 5.74) is 5.84. The minimum Gasteiger partial charge on any atom is -0.486 e. The lowest BCUT2D eigenvalue weighted by molar-refractivity contribution is 0.0566. The Morgan fingerprint density at radius 3 is 2.93 bits per heavy atom. The molecule has 0 spiro atoms. The first-order valence-corrected chi connectivity index (χ1v) is 9.55. The third kappa shape index (κ3) is 2.90. The molecule has 8 heteroatoms. The maximum atomic E-state index is 12.9. The molecule has 0 bridgehead atoms. The highest BCUT2D eigenvalue weighted by Gasteiger charge is 2.26. The molecule has 6 nitrogen and oxygen atoms in total. The largest absolute Gasteiger partial charge is 0.486 e. The van der Waals surface area contributed by atoms with E-state index in [4.69, 9.17) is 4.74 Å². The molecule has 150 valence electrons. The quantitative estimate of drug-likeness (QED) is 0.514. The molecule has 1 atom stereocenters. The van der Waals surface area contributed by atoms with Gasteiger partial charge in [0.1, 0.15) is 17.5 Å². The maximum Gasteiger partial charge on any atom is 0.333 e. The van der Waals surface area contributed by atoms with Gasteiger partial charge in [-0.25, -0.2) is 4.68 Å². The van der Waals surface area contributed by atoms with Crippen molar-refractivity contribution >= 4 is 10.9 Å². The molecule has 1 N–H and O–H groups in total. The molecule has 2 aromatic carbocycles. The van der Waals surface area contributed by atoms with E-state index in [9.17, 15) is 14.0 Å². The van der Waals surface area contributed by atoms with E-state index in [0.29, 0.717) is 27.3 Å². The molecule has 1 aliphatic rings.